The molecule has 1 N–H and O–H groups in total. The molecule has 0 aliphatic rings. The van der Waals surface area contributed by atoms with Gasteiger partial charge >= 0.3 is 11.3 Å². The standard InChI is InChI=1S/C22H14N2O5/c1-12-11-15(23-24(12)13-7-3-2-4-8-13)17-19(25)18-20(29-21(17)26)14-9-5-6-10-16(14)28-22(18)27/h2-11,25H,1H3. The summed E-state index contributed by atoms with van der Waals surface area (Å²) in [5, 5.41) is 15.5. The summed E-state index contributed by atoms with van der Waals surface area (Å²) in [5.41, 5.74) is 0.239. The van der Waals surface area contributed by atoms with Gasteiger partial charge in [0.1, 0.15) is 22.2 Å². The fraction of sp³-hybridized carbons (Fsp3) is 0.0455. The van der Waals surface area contributed by atoms with Gasteiger partial charge in [0.05, 0.1) is 11.1 Å². The molecule has 7 heteroatoms. The molecule has 0 bridgehead atoms. The van der Waals surface area contributed by atoms with Crippen molar-refractivity contribution < 1.29 is 13.9 Å². The number of aromatic hydroxyl groups is 1. The predicted octanol–water partition coefficient (Wildman–Crippen LogP) is 3.77. The maximum Gasteiger partial charge on any atom is 0.351 e. The van der Waals surface area contributed by atoms with Gasteiger partial charge in [0, 0.05) is 5.69 Å². The first-order valence-electron chi connectivity index (χ1n) is 8.88. The second-order valence-electron chi connectivity index (χ2n) is 6.62. The maximum atomic E-state index is 12.8. The van der Waals surface area contributed by atoms with Crippen molar-refractivity contribution in [3.63, 3.8) is 0 Å². The molecule has 0 fully saturated rings. The number of rotatable bonds is 2. The lowest BCUT2D eigenvalue weighted by Gasteiger charge is -2.06. The van der Waals surface area contributed by atoms with Crippen LogP contribution in [0.3, 0.4) is 0 Å². The molecule has 0 saturated heterocycles. The van der Waals surface area contributed by atoms with Crippen molar-refractivity contribution in [3.05, 3.63) is 87.2 Å². The van der Waals surface area contributed by atoms with E-state index in [4.69, 9.17) is 8.83 Å². The zero-order valence-electron chi connectivity index (χ0n) is 15.2. The van der Waals surface area contributed by atoms with Crippen molar-refractivity contribution in [2.75, 3.05) is 0 Å². The van der Waals surface area contributed by atoms with Gasteiger partial charge in [0.2, 0.25) is 0 Å². The second kappa shape index (κ2) is 6.20. The van der Waals surface area contributed by atoms with Crippen molar-refractivity contribution in [2.24, 2.45) is 0 Å². The molecule has 0 aliphatic heterocycles. The van der Waals surface area contributed by atoms with Crippen molar-refractivity contribution in [1.29, 1.82) is 0 Å². The lowest BCUT2D eigenvalue weighted by Crippen LogP contribution is -2.09. The minimum Gasteiger partial charge on any atom is -0.506 e. The van der Waals surface area contributed by atoms with Crippen molar-refractivity contribution in [1.82, 2.24) is 9.78 Å². The summed E-state index contributed by atoms with van der Waals surface area (Å²) in [6.45, 7) is 1.82. The fourth-order valence-corrected chi connectivity index (χ4v) is 3.45. The van der Waals surface area contributed by atoms with Crippen LogP contribution in [-0.2, 0) is 0 Å². The minimum absolute atomic E-state index is 0.0117. The van der Waals surface area contributed by atoms with Crippen molar-refractivity contribution in [2.45, 2.75) is 6.92 Å². The van der Waals surface area contributed by atoms with E-state index in [1.165, 1.54) is 0 Å². The van der Waals surface area contributed by atoms with Gasteiger partial charge in [-0.1, -0.05) is 30.3 Å². The third-order valence-corrected chi connectivity index (χ3v) is 4.78. The average Bonchev–Trinajstić information content (AvgIpc) is 3.09. The normalized spacial score (nSPS) is 11.3. The number of benzene rings is 2. The molecule has 0 saturated carbocycles. The third kappa shape index (κ3) is 2.55. The van der Waals surface area contributed by atoms with Gasteiger partial charge in [0.25, 0.3) is 0 Å². The highest BCUT2D eigenvalue weighted by molar-refractivity contribution is 6.04. The molecule has 3 heterocycles. The first-order valence-corrected chi connectivity index (χ1v) is 8.88. The fourth-order valence-electron chi connectivity index (χ4n) is 3.45. The van der Waals surface area contributed by atoms with Crippen LogP contribution in [0.2, 0.25) is 0 Å². The Kier molecular flexibility index (Phi) is 3.64. The molecule has 0 atom stereocenters. The number of aromatic nitrogens is 2. The molecular formula is C22H14N2O5. The minimum atomic E-state index is -0.791. The van der Waals surface area contributed by atoms with E-state index < -0.39 is 17.0 Å². The molecule has 5 aromatic rings. The molecule has 0 spiro atoms. The van der Waals surface area contributed by atoms with Crippen LogP contribution >= 0.6 is 0 Å². The molecule has 0 aliphatic carbocycles. The summed E-state index contributed by atoms with van der Waals surface area (Å²) >= 11 is 0. The van der Waals surface area contributed by atoms with E-state index in [0.29, 0.717) is 5.39 Å². The number of aryl methyl sites for hydroxylation is 1. The maximum absolute atomic E-state index is 12.8. The van der Waals surface area contributed by atoms with Gasteiger partial charge < -0.3 is 13.9 Å². The van der Waals surface area contributed by atoms with Gasteiger partial charge in [0.15, 0.2) is 11.3 Å². The number of nitrogens with zero attached hydrogens (tertiary/aromatic N) is 2. The Bertz CT molecular complexity index is 1510. The largest absolute Gasteiger partial charge is 0.506 e. The van der Waals surface area contributed by atoms with Crippen LogP contribution in [0.5, 0.6) is 5.75 Å². The summed E-state index contributed by atoms with van der Waals surface area (Å²) in [6, 6.07) is 17.7. The third-order valence-electron chi connectivity index (χ3n) is 4.78. The van der Waals surface area contributed by atoms with Crippen LogP contribution < -0.4 is 11.3 Å². The molecular weight excluding hydrogens is 372 g/mol. The first-order chi connectivity index (χ1) is 14.0. The second-order valence-corrected chi connectivity index (χ2v) is 6.62. The zero-order chi connectivity index (χ0) is 20.1. The monoisotopic (exact) mass is 386 g/mol. The number of hydrogen-bond acceptors (Lipinski definition) is 6. The Hall–Kier alpha value is -4.13. The van der Waals surface area contributed by atoms with Crippen LogP contribution in [0.1, 0.15) is 5.69 Å². The Morgan fingerprint density at radius 3 is 2.45 bits per heavy atom. The van der Waals surface area contributed by atoms with Crippen LogP contribution in [0, 0.1) is 6.92 Å². The number of hydrogen-bond donors (Lipinski definition) is 1. The van der Waals surface area contributed by atoms with E-state index in [-0.39, 0.29) is 27.8 Å². The van der Waals surface area contributed by atoms with E-state index in [1.54, 1.807) is 35.0 Å². The Labute approximate surface area is 163 Å². The van der Waals surface area contributed by atoms with Crippen LogP contribution in [-0.4, -0.2) is 14.9 Å². The first kappa shape index (κ1) is 17.0. The molecule has 142 valence electrons. The quantitative estimate of drug-likeness (QED) is 0.366. The Balaban J connectivity index is 1.81. The summed E-state index contributed by atoms with van der Waals surface area (Å²) in [7, 11) is 0. The van der Waals surface area contributed by atoms with Gasteiger partial charge in [-0.15, -0.1) is 0 Å². The van der Waals surface area contributed by atoms with E-state index >= 15 is 0 Å². The highest BCUT2D eigenvalue weighted by Crippen LogP contribution is 2.34. The number of para-hydroxylation sites is 2. The van der Waals surface area contributed by atoms with Crippen molar-refractivity contribution in [3.8, 4) is 22.7 Å². The van der Waals surface area contributed by atoms with E-state index in [9.17, 15) is 14.7 Å². The lowest BCUT2D eigenvalue weighted by atomic mass is 10.1. The molecule has 0 radical (unpaired) electrons. The predicted molar refractivity (Wildman–Crippen MR) is 107 cm³/mol. The van der Waals surface area contributed by atoms with Gasteiger partial charge in [-0.25, -0.2) is 14.3 Å². The molecule has 7 nitrogen and oxygen atoms in total. The van der Waals surface area contributed by atoms with Gasteiger partial charge in [-0.3, -0.25) is 0 Å². The van der Waals surface area contributed by atoms with E-state index in [1.807, 2.05) is 37.3 Å². The summed E-state index contributed by atoms with van der Waals surface area (Å²) in [4.78, 5) is 25.2. The smallest absolute Gasteiger partial charge is 0.351 e. The summed E-state index contributed by atoms with van der Waals surface area (Å²) < 4.78 is 12.4. The SMILES string of the molecule is Cc1cc(-c2c(O)c3c(=O)oc4ccccc4c3oc2=O)nn1-c1ccccc1. The molecule has 0 amide bonds. The lowest BCUT2D eigenvalue weighted by molar-refractivity contribution is 0.465. The molecule has 29 heavy (non-hydrogen) atoms. The van der Waals surface area contributed by atoms with Crippen molar-refractivity contribution >= 4 is 21.9 Å². The topological polar surface area (TPSA) is 98.5 Å². The Morgan fingerprint density at radius 1 is 0.931 bits per heavy atom. The van der Waals surface area contributed by atoms with Crippen LogP contribution in [0.15, 0.2) is 79.1 Å². The number of fused-ring (bicyclic) bond motifs is 3. The van der Waals surface area contributed by atoms with Crippen LogP contribution in [0.4, 0.5) is 0 Å². The summed E-state index contributed by atoms with van der Waals surface area (Å²) in [6.07, 6.45) is 0. The molecule has 0 unspecified atom stereocenters. The molecule has 3 aromatic heterocycles. The van der Waals surface area contributed by atoms with Crippen LogP contribution in [0.25, 0.3) is 38.9 Å². The highest BCUT2D eigenvalue weighted by atomic mass is 16.4. The summed E-state index contributed by atoms with van der Waals surface area (Å²) in [5.74, 6) is -0.506. The van der Waals surface area contributed by atoms with Gasteiger partial charge in [-0.05, 0) is 37.3 Å². The van der Waals surface area contributed by atoms with E-state index in [0.717, 1.165) is 11.4 Å². The average molecular weight is 386 g/mol. The highest BCUT2D eigenvalue weighted by Gasteiger charge is 2.23. The van der Waals surface area contributed by atoms with Gasteiger partial charge in [-0.2, -0.15) is 5.10 Å². The Morgan fingerprint density at radius 2 is 1.66 bits per heavy atom. The molecule has 2 aromatic carbocycles. The zero-order valence-corrected chi connectivity index (χ0v) is 15.2. The van der Waals surface area contributed by atoms with E-state index in [2.05, 4.69) is 5.10 Å². The molecule has 5 rings (SSSR count).